The van der Waals surface area contributed by atoms with Gasteiger partial charge in [0.25, 0.3) is 0 Å². The number of methoxy groups -OCH3 is 1. The zero-order valence-corrected chi connectivity index (χ0v) is 26.8. The fourth-order valence-corrected chi connectivity index (χ4v) is 7.12. The van der Waals surface area contributed by atoms with E-state index in [1.54, 1.807) is 24.9 Å². The number of aromatic nitrogens is 1. The van der Waals surface area contributed by atoms with Crippen molar-refractivity contribution in [3.05, 3.63) is 88.4 Å². The molecule has 0 unspecified atom stereocenters. The Kier molecular flexibility index (Phi) is 10.3. The van der Waals surface area contributed by atoms with E-state index in [4.69, 9.17) is 19.6 Å². The van der Waals surface area contributed by atoms with Crippen molar-refractivity contribution in [3.8, 4) is 22.1 Å². The minimum atomic E-state index is -4.40. The second kappa shape index (κ2) is 14.1. The molecule has 5 rings (SSSR count). The number of hydrogen-bond acceptors (Lipinski definition) is 8. The van der Waals surface area contributed by atoms with Gasteiger partial charge in [0, 0.05) is 59.5 Å². The lowest BCUT2D eigenvalue weighted by molar-refractivity contribution is -0.144. The molecule has 3 aromatic carbocycles. The van der Waals surface area contributed by atoms with Gasteiger partial charge in [-0.3, -0.25) is 4.90 Å². The highest BCUT2D eigenvalue weighted by atomic mass is 32.2. The van der Waals surface area contributed by atoms with Crippen molar-refractivity contribution < 1.29 is 32.5 Å². The summed E-state index contributed by atoms with van der Waals surface area (Å²) in [5.41, 5.74) is 2.87. The van der Waals surface area contributed by atoms with Crippen LogP contribution in [-0.4, -0.2) is 60.4 Å². The molecule has 1 aromatic heterocycles. The van der Waals surface area contributed by atoms with Crippen LogP contribution in [0.3, 0.4) is 0 Å². The number of thioether (sulfide) groups is 1. The van der Waals surface area contributed by atoms with E-state index in [1.807, 2.05) is 31.2 Å². The maximum Gasteiger partial charge on any atom is 0.416 e. The summed E-state index contributed by atoms with van der Waals surface area (Å²) in [6, 6.07) is 18.8. The topological polar surface area (TPSA) is 75.1 Å². The highest BCUT2D eigenvalue weighted by Crippen LogP contribution is 2.37. The van der Waals surface area contributed by atoms with Gasteiger partial charge in [0.05, 0.1) is 18.4 Å². The first-order chi connectivity index (χ1) is 21.5. The largest absolute Gasteiger partial charge is 0.497 e. The number of thiazole rings is 1. The van der Waals surface area contributed by atoms with Crippen LogP contribution in [0.4, 0.5) is 18.9 Å². The Morgan fingerprint density at radius 2 is 1.73 bits per heavy atom. The van der Waals surface area contributed by atoms with Crippen LogP contribution in [0.1, 0.15) is 28.6 Å². The number of ether oxygens (including phenoxy) is 2. The van der Waals surface area contributed by atoms with Gasteiger partial charge in [-0.1, -0.05) is 12.1 Å². The van der Waals surface area contributed by atoms with Crippen molar-refractivity contribution in [2.24, 2.45) is 0 Å². The molecule has 238 valence electrons. The molecule has 0 spiro atoms. The van der Waals surface area contributed by atoms with Gasteiger partial charge in [0.2, 0.25) is 0 Å². The quantitative estimate of drug-likeness (QED) is 0.165. The number of carbonyl (C=O) groups is 1. The van der Waals surface area contributed by atoms with Crippen LogP contribution in [0.15, 0.2) is 71.6 Å². The molecule has 1 aliphatic rings. The van der Waals surface area contributed by atoms with Gasteiger partial charge < -0.3 is 19.5 Å². The van der Waals surface area contributed by atoms with Gasteiger partial charge in [-0.05, 0) is 74.0 Å². The lowest BCUT2D eigenvalue weighted by Crippen LogP contribution is -2.46. The summed E-state index contributed by atoms with van der Waals surface area (Å²) < 4.78 is 50.3. The van der Waals surface area contributed by atoms with E-state index in [9.17, 15) is 18.0 Å². The Bertz CT molecular complexity index is 1600. The predicted molar refractivity (Wildman–Crippen MR) is 172 cm³/mol. The molecule has 0 radical (unpaired) electrons. The van der Waals surface area contributed by atoms with Crippen molar-refractivity contribution in [2.75, 3.05) is 38.2 Å². The SMILES string of the molecule is COc1ccc(N2CCN(Cc3nc(-c4ccc(C(F)(F)F)cc4)sc3CSc3ccc(O[C@H](C)C(=O)O)c(C)c3)CC2)cc1. The van der Waals surface area contributed by atoms with E-state index in [2.05, 4.69) is 21.9 Å². The van der Waals surface area contributed by atoms with Crippen LogP contribution < -0.4 is 14.4 Å². The Morgan fingerprint density at radius 1 is 1.04 bits per heavy atom. The van der Waals surface area contributed by atoms with E-state index in [0.29, 0.717) is 28.6 Å². The number of nitrogens with zero attached hydrogens (tertiary/aromatic N) is 3. The van der Waals surface area contributed by atoms with Crippen LogP contribution in [-0.2, 0) is 23.3 Å². The molecular weight excluding hydrogens is 624 g/mol. The molecule has 0 amide bonds. The molecule has 1 fully saturated rings. The minimum Gasteiger partial charge on any atom is -0.497 e. The Morgan fingerprint density at radius 3 is 2.33 bits per heavy atom. The van der Waals surface area contributed by atoms with Gasteiger partial charge in [-0.15, -0.1) is 23.1 Å². The molecule has 0 bridgehead atoms. The predicted octanol–water partition coefficient (Wildman–Crippen LogP) is 7.61. The third-order valence-electron chi connectivity index (χ3n) is 7.59. The van der Waals surface area contributed by atoms with E-state index in [-0.39, 0.29) is 0 Å². The number of aliphatic carboxylic acids is 1. The number of carboxylic acids is 1. The molecule has 12 heteroatoms. The van der Waals surface area contributed by atoms with Crippen molar-refractivity contribution in [2.45, 2.75) is 43.3 Å². The van der Waals surface area contributed by atoms with Crippen LogP contribution in [0, 0.1) is 6.92 Å². The van der Waals surface area contributed by atoms with E-state index in [1.165, 1.54) is 30.4 Å². The zero-order valence-electron chi connectivity index (χ0n) is 25.1. The third kappa shape index (κ3) is 8.30. The molecule has 0 aliphatic carbocycles. The molecule has 45 heavy (non-hydrogen) atoms. The molecule has 4 aromatic rings. The molecular formula is C33H34F3N3O4S2. The van der Waals surface area contributed by atoms with E-state index >= 15 is 0 Å². The average molecular weight is 658 g/mol. The van der Waals surface area contributed by atoms with Crippen molar-refractivity contribution >= 4 is 34.8 Å². The standard InChI is InChI=1S/C33H34F3N3O4S2/c1-21-18-27(12-13-29(21)43-22(2)32(40)41)44-20-30-28(37-31(45-30)23-4-6-24(7-5-23)33(34,35)36)19-38-14-16-39(17-15-38)25-8-10-26(42-3)11-9-25/h4-13,18,22H,14-17,19-20H2,1-3H3,(H,40,41)/t22-/m1/s1. The smallest absolute Gasteiger partial charge is 0.416 e. The number of benzene rings is 3. The monoisotopic (exact) mass is 657 g/mol. The summed E-state index contributed by atoms with van der Waals surface area (Å²) in [6.45, 7) is 7.43. The zero-order chi connectivity index (χ0) is 32.1. The van der Waals surface area contributed by atoms with Gasteiger partial charge in [-0.2, -0.15) is 13.2 Å². The summed E-state index contributed by atoms with van der Waals surface area (Å²) in [5, 5.41) is 9.85. The van der Waals surface area contributed by atoms with Gasteiger partial charge in [0.15, 0.2) is 6.10 Å². The van der Waals surface area contributed by atoms with Gasteiger partial charge in [0.1, 0.15) is 16.5 Å². The number of piperazine rings is 1. The normalized spacial score (nSPS) is 14.8. The summed E-state index contributed by atoms with van der Waals surface area (Å²) in [4.78, 5) is 22.9. The number of anilines is 1. The molecule has 2 heterocycles. The maximum absolute atomic E-state index is 13.2. The molecule has 0 saturated carbocycles. The number of halogens is 3. The fourth-order valence-electron chi connectivity index (χ4n) is 4.95. The lowest BCUT2D eigenvalue weighted by atomic mass is 10.1. The summed E-state index contributed by atoms with van der Waals surface area (Å²) in [7, 11) is 1.65. The van der Waals surface area contributed by atoms with Crippen molar-refractivity contribution in [1.29, 1.82) is 0 Å². The number of rotatable bonds is 11. The molecule has 1 N–H and O–H groups in total. The number of alkyl halides is 3. The summed E-state index contributed by atoms with van der Waals surface area (Å²) in [6.07, 6.45) is -5.35. The van der Waals surface area contributed by atoms with E-state index in [0.717, 1.165) is 70.8 Å². The van der Waals surface area contributed by atoms with Crippen LogP contribution in [0.25, 0.3) is 10.6 Å². The van der Waals surface area contributed by atoms with Crippen molar-refractivity contribution in [1.82, 2.24) is 9.88 Å². The lowest BCUT2D eigenvalue weighted by Gasteiger charge is -2.36. The minimum absolute atomic E-state index is 0.520. The van der Waals surface area contributed by atoms with Crippen LogP contribution in [0.5, 0.6) is 11.5 Å². The number of aryl methyl sites for hydroxylation is 1. The fraction of sp³-hybridized carbons (Fsp3) is 0.333. The highest BCUT2D eigenvalue weighted by Gasteiger charge is 2.30. The Balaban J connectivity index is 1.31. The second-order valence-electron chi connectivity index (χ2n) is 10.7. The molecule has 1 atom stereocenters. The first kappa shape index (κ1) is 32.6. The Labute approximate surface area is 268 Å². The summed E-state index contributed by atoms with van der Waals surface area (Å²) in [5.74, 6) is 0.940. The Hall–Kier alpha value is -3.74. The molecule has 1 saturated heterocycles. The number of hydrogen-bond donors (Lipinski definition) is 1. The molecule has 7 nitrogen and oxygen atoms in total. The first-order valence-electron chi connectivity index (χ1n) is 14.4. The summed E-state index contributed by atoms with van der Waals surface area (Å²) >= 11 is 3.13. The highest BCUT2D eigenvalue weighted by molar-refractivity contribution is 7.98. The van der Waals surface area contributed by atoms with Gasteiger partial charge >= 0.3 is 12.1 Å². The van der Waals surface area contributed by atoms with Crippen molar-refractivity contribution in [3.63, 3.8) is 0 Å². The average Bonchev–Trinajstić information content (AvgIpc) is 3.43. The second-order valence-corrected chi connectivity index (χ2v) is 12.9. The van der Waals surface area contributed by atoms with E-state index < -0.39 is 23.8 Å². The van der Waals surface area contributed by atoms with Crippen LogP contribution in [0.2, 0.25) is 0 Å². The van der Waals surface area contributed by atoms with Gasteiger partial charge in [-0.25, -0.2) is 9.78 Å². The van der Waals surface area contributed by atoms with Crippen LogP contribution >= 0.6 is 23.1 Å². The number of carboxylic acid groups (broad SMARTS) is 1. The maximum atomic E-state index is 13.2. The molecule has 1 aliphatic heterocycles. The third-order valence-corrected chi connectivity index (χ3v) is 9.94. The first-order valence-corrected chi connectivity index (χ1v) is 16.2.